The second kappa shape index (κ2) is 8.17. The minimum atomic E-state index is -0.871. The molecule has 2 unspecified atom stereocenters. The predicted octanol–water partition coefficient (Wildman–Crippen LogP) is 2.14. The summed E-state index contributed by atoms with van der Waals surface area (Å²) in [5, 5.41) is 22.9. The number of H-pyrrole nitrogens is 1. The number of aromatic nitrogens is 2. The molecule has 0 saturated heterocycles. The standard InChI is InChI=1S/C16H30N4O2/c1-11(2)6-7-16(5,22)10-17-15(21)18-12(3)8-14-9-13(4)19-20-14/h9,11-12,22H,6-8,10H2,1-5H3,(H,19,20)(H2,17,18,21). The molecule has 6 nitrogen and oxygen atoms in total. The van der Waals surface area contributed by atoms with E-state index in [1.54, 1.807) is 6.92 Å². The summed E-state index contributed by atoms with van der Waals surface area (Å²) in [6, 6.07) is 1.68. The van der Waals surface area contributed by atoms with Crippen molar-refractivity contribution in [1.82, 2.24) is 20.8 Å². The Kier molecular flexibility index (Phi) is 6.87. The number of nitrogens with one attached hydrogen (secondary N) is 3. The number of rotatable bonds is 8. The lowest BCUT2D eigenvalue weighted by atomic mass is 9.95. The van der Waals surface area contributed by atoms with Gasteiger partial charge in [-0.2, -0.15) is 5.10 Å². The number of nitrogens with zero attached hydrogens (tertiary/aromatic N) is 1. The smallest absolute Gasteiger partial charge is 0.315 e. The van der Waals surface area contributed by atoms with Crippen LogP contribution < -0.4 is 10.6 Å². The first-order valence-electron chi connectivity index (χ1n) is 7.95. The average molecular weight is 310 g/mol. The summed E-state index contributed by atoms with van der Waals surface area (Å²) in [5.41, 5.74) is 1.06. The number of aryl methyl sites for hydroxylation is 1. The SMILES string of the molecule is Cc1cc(CC(C)NC(=O)NCC(C)(O)CCC(C)C)n[nH]1. The summed E-state index contributed by atoms with van der Waals surface area (Å²) < 4.78 is 0. The number of aromatic amines is 1. The van der Waals surface area contributed by atoms with Crippen LogP contribution in [0.2, 0.25) is 0 Å². The van der Waals surface area contributed by atoms with Crippen molar-refractivity contribution < 1.29 is 9.90 Å². The maximum absolute atomic E-state index is 11.9. The first kappa shape index (κ1) is 18.5. The van der Waals surface area contributed by atoms with Crippen molar-refractivity contribution in [2.24, 2.45) is 5.92 Å². The zero-order valence-corrected chi connectivity index (χ0v) is 14.4. The molecule has 0 fully saturated rings. The Labute approximate surface area is 133 Å². The fourth-order valence-corrected chi connectivity index (χ4v) is 2.18. The minimum Gasteiger partial charge on any atom is -0.388 e. The summed E-state index contributed by atoms with van der Waals surface area (Å²) in [5.74, 6) is 0.539. The van der Waals surface area contributed by atoms with E-state index in [9.17, 15) is 9.90 Å². The van der Waals surface area contributed by atoms with Crippen molar-refractivity contribution in [3.63, 3.8) is 0 Å². The van der Waals surface area contributed by atoms with Crippen molar-refractivity contribution in [2.45, 2.75) is 65.5 Å². The van der Waals surface area contributed by atoms with Gasteiger partial charge in [0.1, 0.15) is 0 Å². The van der Waals surface area contributed by atoms with Gasteiger partial charge in [-0.15, -0.1) is 0 Å². The van der Waals surface area contributed by atoms with Crippen molar-refractivity contribution in [3.8, 4) is 0 Å². The molecule has 4 N–H and O–H groups in total. The molecule has 0 aliphatic heterocycles. The summed E-state index contributed by atoms with van der Waals surface area (Å²) in [6.45, 7) is 10.1. The van der Waals surface area contributed by atoms with Gasteiger partial charge in [0.15, 0.2) is 0 Å². The highest BCUT2D eigenvalue weighted by molar-refractivity contribution is 5.74. The van der Waals surface area contributed by atoms with Crippen LogP contribution in [0.3, 0.4) is 0 Å². The molecule has 0 radical (unpaired) electrons. The van der Waals surface area contributed by atoms with Crippen LogP contribution in [0.15, 0.2) is 6.07 Å². The molecule has 2 atom stereocenters. The fraction of sp³-hybridized carbons (Fsp3) is 0.750. The number of carbonyl (C=O) groups excluding carboxylic acids is 1. The van der Waals surface area contributed by atoms with Crippen LogP contribution in [0.5, 0.6) is 0 Å². The molecule has 1 aromatic rings. The lowest BCUT2D eigenvalue weighted by Gasteiger charge is -2.25. The normalized spacial score (nSPS) is 15.4. The predicted molar refractivity (Wildman–Crippen MR) is 87.7 cm³/mol. The van der Waals surface area contributed by atoms with Gasteiger partial charge >= 0.3 is 6.03 Å². The van der Waals surface area contributed by atoms with E-state index in [0.29, 0.717) is 18.8 Å². The summed E-state index contributed by atoms with van der Waals surface area (Å²) in [7, 11) is 0. The Morgan fingerprint density at radius 3 is 2.68 bits per heavy atom. The van der Waals surface area contributed by atoms with Crippen LogP contribution in [-0.2, 0) is 6.42 Å². The molecular formula is C16H30N4O2. The maximum atomic E-state index is 11.9. The van der Waals surface area contributed by atoms with Crippen molar-refractivity contribution >= 4 is 6.03 Å². The maximum Gasteiger partial charge on any atom is 0.315 e. The average Bonchev–Trinajstić information content (AvgIpc) is 2.79. The summed E-state index contributed by atoms with van der Waals surface area (Å²) in [4.78, 5) is 11.9. The van der Waals surface area contributed by atoms with E-state index in [1.807, 2.05) is 19.9 Å². The quantitative estimate of drug-likeness (QED) is 0.593. The van der Waals surface area contributed by atoms with Gasteiger partial charge in [0.25, 0.3) is 0 Å². The number of aliphatic hydroxyl groups is 1. The van der Waals surface area contributed by atoms with Crippen LogP contribution in [0.25, 0.3) is 0 Å². The third-order valence-electron chi connectivity index (χ3n) is 3.54. The van der Waals surface area contributed by atoms with Gasteiger partial charge in [-0.3, -0.25) is 5.10 Å². The molecule has 0 aliphatic carbocycles. The molecular weight excluding hydrogens is 280 g/mol. The largest absolute Gasteiger partial charge is 0.388 e. The van der Waals surface area contributed by atoms with Gasteiger partial charge in [-0.1, -0.05) is 13.8 Å². The van der Waals surface area contributed by atoms with Crippen LogP contribution >= 0.6 is 0 Å². The number of hydrogen-bond acceptors (Lipinski definition) is 3. The second-order valence-corrected chi connectivity index (χ2v) is 6.90. The third-order valence-corrected chi connectivity index (χ3v) is 3.54. The Morgan fingerprint density at radius 2 is 2.14 bits per heavy atom. The van der Waals surface area contributed by atoms with E-state index < -0.39 is 5.60 Å². The molecule has 1 heterocycles. The molecule has 0 aliphatic rings. The van der Waals surface area contributed by atoms with Crippen molar-refractivity contribution in [1.29, 1.82) is 0 Å². The molecule has 0 saturated carbocycles. The van der Waals surface area contributed by atoms with Gasteiger partial charge in [0.2, 0.25) is 0 Å². The van der Waals surface area contributed by atoms with Crippen molar-refractivity contribution in [3.05, 3.63) is 17.5 Å². The van der Waals surface area contributed by atoms with Gasteiger partial charge in [0, 0.05) is 24.7 Å². The third kappa shape index (κ3) is 7.45. The van der Waals surface area contributed by atoms with Crippen LogP contribution in [-0.4, -0.2) is 39.5 Å². The molecule has 22 heavy (non-hydrogen) atoms. The van der Waals surface area contributed by atoms with E-state index in [0.717, 1.165) is 17.8 Å². The number of urea groups is 1. The molecule has 0 bridgehead atoms. The lowest BCUT2D eigenvalue weighted by molar-refractivity contribution is 0.0476. The molecule has 1 aromatic heterocycles. The van der Waals surface area contributed by atoms with Gasteiger partial charge in [0.05, 0.1) is 11.3 Å². The van der Waals surface area contributed by atoms with Crippen LogP contribution in [0, 0.1) is 12.8 Å². The van der Waals surface area contributed by atoms with Gasteiger partial charge < -0.3 is 15.7 Å². The zero-order chi connectivity index (χ0) is 16.8. The molecule has 1 rings (SSSR count). The monoisotopic (exact) mass is 310 g/mol. The minimum absolute atomic E-state index is 0.0247. The van der Waals surface area contributed by atoms with E-state index in [2.05, 4.69) is 34.7 Å². The fourth-order valence-electron chi connectivity index (χ4n) is 2.18. The first-order valence-corrected chi connectivity index (χ1v) is 7.95. The highest BCUT2D eigenvalue weighted by Crippen LogP contribution is 2.15. The number of amides is 2. The molecule has 6 heteroatoms. The first-order chi connectivity index (χ1) is 10.2. The Hall–Kier alpha value is -1.56. The zero-order valence-electron chi connectivity index (χ0n) is 14.4. The van der Waals surface area contributed by atoms with Crippen molar-refractivity contribution in [2.75, 3.05) is 6.54 Å². The molecule has 126 valence electrons. The van der Waals surface area contributed by atoms with E-state index in [-0.39, 0.29) is 18.6 Å². The Morgan fingerprint density at radius 1 is 1.45 bits per heavy atom. The Balaban J connectivity index is 2.30. The Bertz CT molecular complexity index is 468. The lowest BCUT2D eigenvalue weighted by Crippen LogP contribution is -2.47. The highest BCUT2D eigenvalue weighted by Gasteiger charge is 2.21. The molecule has 0 spiro atoms. The van der Waals surface area contributed by atoms with Gasteiger partial charge in [-0.05, 0) is 45.6 Å². The van der Waals surface area contributed by atoms with E-state index >= 15 is 0 Å². The van der Waals surface area contributed by atoms with Crippen LogP contribution in [0.4, 0.5) is 4.79 Å². The molecule has 2 amide bonds. The van der Waals surface area contributed by atoms with Gasteiger partial charge in [-0.25, -0.2) is 4.79 Å². The number of carbonyl (C=O) groups is 1. The molecule has 0 aromatic carbocycles. The topological polar surface area (TPSA) is 90.0 Å². The number of hydrogen-bond donors (Lipinski definition) is 4. The highest BCUT2D eigenvalue weighted by atomic mass is 16.3. The van der Waals surface area contributed by atoms with E-state index in [4.69, 9.17) is 0 Å². The summed E-state index contributed by atoms with van der Waals surface area (Å²) in [6.07, 6.45) is 2.28. The second-order valence-electron chi connectivity index (χ2n) is 6.90. The van der Waals surface area contributed by atoms with Crippen LogP contribution in [0.1, 0.15) is 51.9 Å². The van der Waals surface area contributed by atoms with E-state index in [1.165, 1.54) is 0 Å². The summed E-state index contributed by atoms with van der Waals surface area (Å²) >= 11 is 0.